The number of rotatable bonds is 4. The third-order valence-electron chi connectivity index (χ3n) is 2.74. The minimum Gasteiger partial charge on any atom is -0.468 e. The van der Waals surface area contributed by atoms with Crippen molar-refractivity contribution in [1.29, 1.82) is 5.26 Å². The number of furan rings is 1. The summed E-state index contributed by atoms with van der Waals surface area (Å²) >= 11 is 1.44. The van der Waals surface area contributed by atoms with Gasteiger partial charge in [0.2, 0.25) is 5.91 Å². The molecule has 1 N–H and O–H groups in total. The van der Waals surface area contributed by atoms with Gasteiger partial charge in [-0.05, 0) is 38.1 Å². The van der Waals surface area contributed by atoms with E-state index in [1.54, 1.807) is 30.5 Å². The quantitative estimate of drug-likeness (QED) is 0.872. The molecule has 0 saturated heterocycles. The molecule has 0 aliphatic carbocycles. The highest BCUT2D eigenvalue weighted by atomic mass is 32.2. The average Bonchev–Trinajstić information content (AvgIpc) is 2.84. The fraction of sp³-hybridized carbons (Fsp3) is 0.200. The van der Waals surface area contributed by atoms with E-state index in [0.717, 1.165) is 10.7 Å². The molecular weight excluding hydrogens is 272 g/mol. The van der Waals surface area contributed by atoms with Crippen LogP contribution in [0.5, 0.6) is 0 Å². The van der Waals surface area contributed by atoms with E-state index in [0.29, 0.717) is 11.3 Å². The first kappa shape index (κ1) is 14.2. The Morgan fingerprint density at radius 3 is 2.90 bits per heavy atom. The summed E-state index contributed by atoms with van der Waals surface area (Å²) in [6.45, 7) is 3.70. The molecule has 0 saturated carbocycles. The van der Waals surface area contributed by atoms with Gasteiger partial charge in [0.1, 0.15) is 5.76 Å². The Kier molecular flexibility index (Phi) is 4.49. The van der Waals surface area contributed by atoms with E-state index in [4.69, 9.17) is 9.68 Å². The maximum Gasteiger partial charge on any atom is 0.237 e. The molecule has 5 heteroatoms. The Morgan fingerprint density at radius 1 is 1.45 bits per heavy atom. The van der Waals surface area contributed by atoms with Crippen LogP contribution in [0.2, 0.25) is 0 Å². The summed E-state index contributed by atoms with van der Waals surface area (Å²) < 4.78 is 5.21. The molecule has 1 amide bonds. The van der Waals surface area contributed by atoms with E-state index in [1.807, 2.05) is 26.0 Å². The van der Waals surface area contributed by atoms with E-state index in [-0.39, 0.29) is 11.2 Å². The first-order chi connectivity index (χ1) is 9.60. The van der Waals surface area contributed by atoms with Gasteiger partial charge in [0.25, 0.3) is 0 Å². The highest BCUT2D eigenvalue weighted by Crippen LogP contribution is 2.28. The number of hydrogen-bond acceptors (Lipinski definition) is 4. The van der Waals surface area contributed by atoms with Crippen LogP contribution in [-0.2, 0) is 4.79 Å². The van der Waals surface area contributed by atoms with Gasteiger partial charge in [0, 0.05) is 10.6 Å². The summed E-state index contributed by atoms with van der Waals surface area (Å²) in [5.41, 5.74) is 1.15. The molecule has 1 heterocycles. The van der Waals surface area contributed by atoms with Gasteiger partial charge in [0.15, 0.2) is 0 Å². The van der Waals surface area contributed by atoms with Crippen LogP contribution in [0.4, 0.5) is 5.69 Å². The standard InChI is InChI=1S/C15H14N2O2S/c1-10-14(6-7-19-10)20-11(2)15(18)17-13-5-3-4-12(8-13)9-16/h3-8,11H,1-2H3,(H,17,18). The van der Waals surface area contributed by atoms with Crippen LogP contribution in [0.25, 0.3) is 0 Å². The van der Waals surface area contributed by atoms with Gasteiger partial charge in [-0.2, -0.15) is 5.26 Å². The molecule has 0 fully saturated rings. The molecule has 0 aliphatic heterocycles. The number of hydrogen-bond donors (Lipinski definition) is 1. The van der Waals surface area contributed by atoms with Crippen molar-refractivity contribution in [2.45, 2.75) is 24.0 Å². The van der Waals surface area contributed by atoms with Crippen molar-refractivity contribution < 1.29 is 9.21 Å². The van der Waals surface area contributed by atoms with Crippen LogP contribution in [0, 0.1) is 18.3 Å². The number of carbonyl (C=O) groups is 1. The number of nitrogens with one attached hydrogen (secondary N) is 1. The molecule has 1 aromatic carbocycles. The molecule has 0 bridgehead atoms. The van der Waals surface area contributed by atoms with Crippen molar-refractivity contribution in [3.05, 3.63) is 47.9 Å². The second kappa shape index (κ2) is 6.31. The van der Waals surface area contributed by atoms with Crippen LogP contribution in [-0.4, -0.2) is 11.2 Å². The van der Waals surface area contributed by atoms with Crippen molar-refractivity contribution in [2.24, 2.45) is 0 Å². The number of nitriles is 1. The zero-order chi connectivity index (χ0) is 14.5. The predicted molar refractivity (Wildman–Crippen MR) is 78.6 cm³/mol. The first-order valence-electron chi connectivity index (χ1n) is 6.12. The van der Waals surface area contributed by atoms with E-state index in [9.17, 15) is 4.79 Å². The molecule has 2 rings (SSSR count). The zero-order valence-corrected chi connectivity index (χ0v) is 12.0. The number of benzene rings is 1. The van der Waals surface area contributed by atoms with Crippen molar-refractivity contribution in [3.63, 3.8) is 0 Å². The third kappa shape index (κ3) is 3.43. The van der Waals surface area contributed by atoms with Crippen LogP contribution in [0.3, 0.4) is 0 Å². The van der Waals surface area contributed by atoms with Gasteiger partial charge >= 0.3 is 0 Å². The van der Waals surface area contributed by atoms with Crippen molar-refractivity contribution in [3.8, 4) is 6.07 Å². The van der Waals surface area contributed by atoms with Crippen molar-refractivity contribution in [1.82, 2.24) is 0 Å². The lowest BCUT2D eigenvalue weighted by Crippen LogP contribution is -2.22. The fourth-order valence-electron chi connectivity index (χ4n) is 1.65. The summed E-state index contributed by atoms with van der Waals surface area (Å²) in [5.74, 6) is 0.701. The summed E-state index contributed by atoms with van der Waals surface area (Å²) in [6.07, 6.45) is 1.61. The molecule has 1 atom stereocenters. The Morgan fingerprint density at radius 2 is 2.25 bits per heavy atom. The second-order valence-electron chi connectivity index (χ2n) is 4.28. The lowest BCUT2D eigenvalue weighted by molar-refractivity contribution is -0.115. The van der Waals surface area contributed by atoms with Crippen LogP contribution in [0.15, 0.2) is 45.9 Å². The fourth-order valence-corrected chi connectivity index (χ4v) is 2.54. The monoisotopic (exact) mass is 286 g/mol. The normalized spacial score (nSPS) is 11.7. The number of aryl methyl sites for hydroxylation is 1. The predicted octanol–water partition coefficient (Wildman–Crippen LogP) is 3.58. The molecular formula is C15H14N2O2S. The van der Waals surface area contributed by atoms with Crippen LogP contribution < -0.4 is 5.32 Å². The van der Waals surface area contributed by atoms with Gasteiger partial charge in [-0.3, -0.25) is 4.79 Å². The molecule has 0 aliphatic rings. The topological polar surface area (TPSA) is 66.0 Å². The Labute approximate surface area is 121 Å². The van der Waals surface area contributed by atoms with Crippen LogP contribution in [0.1, 0.15) is 18.2 Å². The SMILES string of the molecule is Cc1occc1SC(C)C(=O)Nc1cccc(C#N)c1. The van der Waals surface area contributed by atoms with Crippen molar-refractivity contribution in [2.75, 3.05) is 5.32 Å². The minimum absolute atomic E-state index is 0.106. The van der Waals surface area contributed by atoms with Gasteiger partial charge in [0.05, 0.1) is 23.1 Å². The van der Waals surface area contributed by atoms with Crippen molar-refractivity contribution >= 4 is 23.4 Å². The molecule has 20 heavy (non-hydrogen) atoms. The molecule has 4 nitrogen and oxygen atoms in total. The molecule has 1 aromatic heterocycles. The van der Waals surface area contributed by atoms with Gasteiger partial charge in [-0.15, -0.1) is 11.8 Å². The summed E-state index contributed by atoms with van der Waals surface area (Å²) in [4.78, 5) is 13.1. The number of thioether (sulfide) groups is 1. The molecule has 2 aromatic rings. The van der Waals surface area contributed by atoms with Gasteiger partial charge in [-0.1, -0.05) is 6.07 Å². The largest absolute Gasteiger partial charge is 0.468 e. The van der Waals surface area contributed by atoms with E-state index in [1.165, 1.54) is 11.8 Å². The van der Waals surface area contributed by atoms with Gasteiger partial charge < -0.3 is 9.73 Å². The maximum absolute atomic E-state index is 12.1. The number of nitrogens with zero attached hydrogens (tertiary/aromatic N) is 1. The third-order valence-corrected chi connectivity index (χ3v) is 3.99. The summed E-state index contributed by atoms with van der Waals surface area (Å²) in [6, 6.07) is 10.7. The average molecular weight is 286 g/mol. The number of carbonyl (C=O) groups excluding carboxylic acids is 1. The molecule has 1 unspecified atom stereocenters. The zero-order valence-electron chi connectivity index (χ0n) is 11.2. The Bertz CT molecular complexity index is 658. The minimum atomic E-state index is -0.253. The smallest absolute Gasteiger partial charge is 0.237 e. The number of amides is 1. The number of anilines is 1. The van der Waals surface area contributed by atoms with E-state index >= 15 is 0 Å². The van der Waals surface area contributed by atoms with Crippen LogP contribution >= 0.6 is 11.8 Å². The molecule has 102 valence electrons. The molecule has 0 spiro atoms. The lowest BCUT2D eigenvalue weighted by Gasteiger charge is -2.11. The highest BCUT2D eigenvalue weighted by molar-refractivity contribution is 8.00. The van der Waals surface area contributed by atoms with Gasteiger partial charge in [-0.25, -0.2) is 0 Å². The summed E-state index contributed by atoms with van der Waals surface area (Å²) in [5, 5.41) is 11.4. The summed E-state index contributed by atoms with van der Waals surface area (Å²) in [7, 11) is 0. The second-order valence-corrected chi connectivity index (χ2v) is 5.67. The van der Waals surface area contributed by atoms with E-state index in [2.05, 4.69) is 5.32 Å². The maximum atomic E-state index is 12.1. The highest BCUT2D eigenvalue weighted by Gasteiger charge is 2.16. The molecule has 0 radical (unpaired) electrons. The Balaban J connectivity index is 2.01. The Hall–Kier alpha value is -2.19. The van der Waals surface area contributed by atoms with E-state index < -0.39 is 0 Å². The first-order valence-corrected chi connectivity index (χ1v) is 7.00. The lowest BCUT2D eigenvalue weighted by atomic mass is 10.2.